The van der Waals surface area contributed by atoms with Gasteiger partial charge in [-0.25, -0.2) is 0 Å². The lowest BCUT2D eigenvalue weighted by molar-refractivity contribution is -0.929. The maximum Gasteiger partial charge on any atom is 0.0810 e. The smallest absolute Gasteiger partial charge is 0.0810 e. The number of hydrogen-bond donors (Lipinski definition) is 0. The molecule has 0 fully saturated rings. The maximum atomic E-state index is 2.49. The molecule has 6 rings (SSSR count). The van der Waals surface area contributed by atoms with Crippen LogP contribution in [0.15, 0.2) is 109 Å². The van der Waals surface area contributed by atoms with Gasteiger partial charge in [-0.2, -0.15) is 23.2 Å². The van der Waals surface area contributed by atoms with E-state index in [4.69, 9.17) is 0 Å². The Morgan fingerprint density at radius 3 is 0.865 bits per heavy atom. The zero-order chi connectivity index (χ0) is 37.1. The van der Waals surface area contributed by atoms with Crippen LogP contribution in [0.25, 0.3) is 32.3 Å². The van der Waals surface area contributed by atoms with Crippen molar-refractivity contribution < 1.29 is 4.48 Å². The van der Waals surface area contributed by atoms with Crippen LogP contribution < -0.4 is 16.4 Å². The number of quaternary nitrogens is 1. The Morgan fingerprint density at radius 2 is 0.615 bits per heavy atom. The average Bonchev–Trinajstić information content (AvgIpc) is 3.18. The first-order chi connectivity index (χ1) is 25.2. The van der Waals surface area contributed by atoms with Gasteiger partial charge in [0.05, 0.1) is 32.3 Å². The fourth-order valence-corrected chi connectivity index (χ4v) is 9.08. The first-order valence-corrected chi connectivity index (χ1v) is 20.8. The van der Waals surface area contributed by atoms with Crippen LogP contribution in [0.4, 0.5) is 0 Å². The van der Waals surface area contributed by atoms with Gasteiger partial charge in [0.2, 0.25) is 0 Å². The van der Waals surface area contributed by atoms with Crippen LogP contribution in [-0.4, -0.2) is 36.8 Å². The molecule has 0 spiro atoms. The summed E-state index contributed by atoms with van der Waals surface area (Å²) in [6.45, 7) is 24.2. The Morgan fingerprint density at radius 1 is 0.365 bits per heavy atom. The summed E-state index contributed by atoms with van der Waals surface area (Å²) in [6, 6.07) is 40.9. The van der Waals surface area contributed by atoms with Crippen LogP contribution >= 0.6 is 0 Å². The highest BCUT2D eigenvalue weighted by Gasteiger charge is 2.30. The number of nitrogens with zero attached hydrogens (tertiary/aromatic N) is 1. The van der Waals surface area contributed by atoms with E-state index in [9.17, 15) is 0 Å². The van der Waals surface area contributed by atoms with E-state index in [1.165, 1.54) is 147 Å². The van der Waals surface area contributed by atoms with Gasteiger partial charge in [0, 0.05) is 0 Å². The van der Waals surface area contributed by atoms with Gasteiger partial charge in [0.1, 0.15) is 0 Å². The van der Waals surface area contributed by atoms with Crippen molar-refractivity contribution in [2.24, 2.45) is 0 Å². The fourth-order valence-electron chi connectivity index (χ4n) is 9.08. The maximum absolute atomic E-state index is 2.49. The highest BCUT2D eigenvalue weighted by atomic mass is 15.3. The Bertz CT molecular complexity index is 1810. The molecular weight excluding hydrogens is 625 g/mol. The summed E-state index contributed by atoms with van der Waals surface area (Å²) in [5.74, 6) is 0. The van der Waals surface area contributed by atoms with Crippen molar-refractivity contribution in [3.05, 3.63) is 126 Å². The zero-order valence-corrected chi connectivity index (χ0v) is 33.9. The third-order valence-electron chi connectivity index (χ3n) is 12.3. The lowest BCUT2D eigenvalue weighted by Crippen LogP contribution is -2.65. The van der Waals surface area contributed by atoms with Crippen molar-refractivity contribution in [1.29, 1.82) is 0 Å². The summed E-state index contributed by atoms with van der Waals surface area (Å²) in [5.41, 5.74) is 8.21. The van der Waals surface area contributed by atoms with Crippen LogP contribution in [0.5, 0.6) is 0 Å². The molecule has 0 atom stereocenters. The van der Waals surface area contributed by atoms with Crippen molar-refractivity contribution in [3.8, 4) is 0 Å². The largest absolute Gasteiger partial charge is 0.324 e. The van der Waals surface area contributed by atoms with Crippen LogP contribution in [0.1, 0.15) is 95.8 Å². The third-order valence-corrected chi connectivity index (χ3v) is 12.3. The molecule has 0 aliphatic carbocycles. The summed E-state index contributed by atoms with van der Waals surface area (Å²) >= 11 is 0. The molecule has 1 nitrogen and oxygen atoms in total. The second-order valence-electron chi connectivity index (χ2n) is 16.0. The molecule has 0 aliphatic heterocycles. The first-order valence-electron chi connectivity index (χ1n) is 20.8. The van der Waals surface area contributed by atoms with Gasteiger partial charge in [-0.05, 0) is 79.3 Å². The molecule has 0 saturated carbocycles. The molecule has 0 unspecified atom stereocenters. The minimum Gasteiger partial charge on any atom is -0.324 e. The van der Waals surface area contributed by atoms with E-state index >= 15 is 0 Å². The second-order valence-corrected chi connectivity index (χ2v) is 16.0. The minimum atomic E-state index is -1.29. The van der Waals surface area contributed by atoms with Gasteiger partial charge in [-0.3, -0.25) is 0 Å². The lowest BCUT2D eigenvalue weighted by atomic mass is 9.16. The van der Waals surface area contributed by atoms with Gasteiger partial charge in [-0.15, -0.1) is 0 Å². The van der Waals surface area contributed by atoms with Crippen molar-refractivity contribution in [1.82, 2.24) is 0 Å². The minimum absolute atomic E-state index is 1.29. The summed E-state index contributed by atoms with van der Waals surface area (Å²) < 4.78 is 1.42. The van der Waals surface area contributed by atoms with Crippen molar-refractivity contribution in [3.63, 3.8) is 0 Å². The molecule has 0 amide bonds. The molecule has 0 aromatic heterocycles. The molecule has 6 aromatic carbocycles. The molecule has 0 aliphatic rings. The van der Waals surface area contributed by atoms with Gasteiger partial charge >= 0.3 is 0 Å². The summed E-state index contributed by atoms with van der Waals surface area (Å²) in [4.78, 5) is 0. The number of benzene rings is 6. The molecule has 6 aromatic rings. The van der Waals surface area contributed by atoms with Crippen LogP contribution in [0, 0.1) is 20.8 Å². The Balaban J connectivity index is 0.000000262. The Kier molecular flexibility index (Phi) is 13.8. The summed E-state index contributed by atoms with van der Waals surface area (Å²) in [6.07, 6.45) is 9.77. The zero-order valence-electron chi connectivity index (χ0n) is 33.9. The summed E-state index contributed by atoms with van der Waals surface area (Å²) in [7, 11) is 0. The molecule has 0 saturated heterocycles. The van der Waals surface area contributed by atoms with E-state index < -0.39 is 6.15 Å². The van der Waals surface area contributed by atoms with E-state index in [2.05, 4.69) is 164 Å². The number of aryl methyl sites for hydroxylation is 3. The Labute approximate surface area is 317 Å². The number of fused-ring (bicyclic) bond motifs is 3. The third kappa shape index (κ3) is 8.34. The van der Waals surface area contributed by atoms with Gasteiger partial charge in [-0.1, -0.05) is 179 Å². The average molecular weight is 692 g/mol. The van der Waals surface area contributed by atoms with Gasteiger partial charge < -0.3 is 4.48 Å². The highest BCUT2D eigenvalue weighted by molar-refractivity contribution is 7.13. The van der Waals surface area contributed by atoms with Crippen molar-refractivity contribution in [2.75, 3.05) is 26.2 Å². The topological polar surface area (TPSA) is 0 Å². The van der Waals surface area contributed by atoms with E-state index in [-0.39, 0.29) is 0 Å². The van der Waals surface area contributed by atoms with E-state index in [0.29, 0.717) is 0 Å². The van der Waals surface area contributed by atoms with Gasteiger partial charge in [0.25, 0.3) is 0 Å². The van der Waals surface area contributed by atoms with Crippen LogP contribution in [0.2, 0.25) is 6.82 Å². The van der Waals surface area contributed by atoms with E-state index in [0.717, 1.165) is 0 Å². The molecule has 274 valence electrons. The molecule has 0 N–H and O–H groups in total. The fraction of sp³-hybridized carbons (Fsp3) is 0.400. The van der Waals surface area contributed by atoms with E-state index in [1.54, 1.807) is 0 Å². The normalized spacial score (nSPS) is 12.0. The molecule has 0 heterocycles. The van der Waals surface area contributed by atoms with Crippen molar-refractivity contribution >= 4 is 54.9 Å². The second kappa shape index (κ2) is 18.2. The molecule has 2 heteroatoms. The first kappa shape index (κ1) is 39.3. The number of rotatable bonds is 15. The van der Waals surface area contributed by atoms with Crippen LogP contribution in [-0.2, 0) is 0 Å². The highest BCUT2D eigenvalue weighted by Crippen LogP contribution is 2.27. The van der Waals surface area contributed by atoms with Gasteiger partial charge in [0.15, 0.2) is 0 Å². The lowest BCUT2D eigenvalue weighted by Gasteiger charge is -2.42. The number of unbranched alkanes of at least 4 members (excludes halogenated alkanes) is 4. The predicted molar refractivity (Wildman–Crippen MR) is 236 cm³/mol. The SMILES string of the molecule is CCCC[N+](CCCC)(CCCC)CCCC.Cc1ccc([B-](C)(c2ccc(C)c3ccccc23)c2ccc(C)c3ccccc23)c2ccccc12. The Hall–Kier alpha value is -3.88. The quantitative estimate of drug-likeness (QED) is 0.0743. The monoisotopic (exact) mass is 692 g/mol. The predicted octanol–water partition coefficient (Wildman–Crippen LogP) is 12.2. The summed E-state index contributed by atoms with van der Waals surface area (Å²) in [5, 5.41) is 8.07. The standard InChI is InChI=1S/C34H30B.C16H36N/c1-23-17-20-32(29-14-8-5-11-26(23)29)35(4,33-21-18-24(2)27-12-6-9-15-30(27)33)34-22-19-25(3)28-13-7-10-16-31(28)34;1-5-9-13-17(14-10-6-2,15-11-7-3)16-12-8-4/h5-22H,1-4H3;5-16H2,1-4H3/q-1;+1. The molecule has 0 radical (unpaired) electrons. The van der Waals surface area contributed by atoms with E-state index in [1.807, 2.05) is 0 Å². The van der Waals surface area contributed by atoms with Crippen LogP contribution in [0.3, 0.4) is 0 Å². The van der Waals surface area contributed by atoms with Crippen molar-refractivity contribution in [2.45, 2.75) is 107 Å². The molecule has 0 bridgehead atoms. The molecular formula is C50H66BN. The number of hydrogen-bond acceptors (Lipinski definition) is 0. The molecule has 52 heavy (non-hydrogen) atoms.